The van der Waals surface area contributed by atoms with Crippen molar-refractivity contribution >= 4 is 27.7 Å². The smallest absolute Gasteiger partial charge is 0.287 e. The standard InChI is InChI=1S/C17H19BrN2O5/c1-10(12-8-11(23-2)4-5-13(12)24-3)20-16(21)9-19-17(22)14-6-7-15(18)25-14/h4-8,10H,9H2,1-3H3,(H,19,22)(H,20,21). The second kappa shape index (κ2) is 8.57. The predicted octanol–water partition coefficient (Wildman–Crippen LogP) is 2.67. The Bertz CT molecular complexity index is 759. The molecule has 0 aliphatic rings. The van der Waals surface area contributed by atoms with Crippen LogP contribution >= 0.6 is 15.9 Å². The second-order valence-electron chi connectivity index (χ2n) is 5.18. The number of amides is 2. The van der Waals surface area contributed by atoms with Gasteiger partial charge in [0.25, 0.3) is 5.91 Å². The molecule has 2 amide bonds. The number of methoxy groups -OCH3 is 2. The summed E-state index contributed by atoms with van der Waals surface area (Å²) < 4.78 is 16.1. The topological polar surface area (TPSA) is 89.8 Å². The summed E-state index contributed by atoms with van der Waals surface area (Å²) in [6.07, 6.45) is 0. The van der Waals surface area contributed by atoms with Crippen LogP contribution in [0.5, 0.6) is 11.5 Å². The number of nitrogens with one attached hydrogen (secondary N) is 2. The first-order valence-corrected chi connectivity index (χ1v) is 8.28. The molecule has 0 spiro atoms. The van der Waals surface area contributed by atoms with Crippen LogP contribution in [0.15, 0.2) is 39.4 Å². The third kappa shape index (κ3) is 4.99. The van der Waals surface area contributed by atoms with E-state index in [-0.39, 0.29) is 24.3 Å². The lowest BCUT2D eigenvalue weighted by Crippen LogP contribution is -2.38. The maximum absolute atomic E-state index is 12.1. The van der Waals surface area contributed by atoms with Gasteiger partial charge in [0.05, 0.1) is 26.8 Å². The molecule has 0 bridgehead atoms. The van der Waals surface area contributed by atoms with Crippen LogP contribution in [0.2, 0.25) is 0 Å². The number of hydrogen-bond acceptors (Lipinski definition) is 5. The van der Waals surface area contributed by atoms with Crippen LogP contribution in [-0.4, -0.2) is 32.6 Å². The molecule has 1 unspecified atom stereocenters. The van der Waals surface area contributed by atoms with E-state index in [2.05, 4.69) is 26.6 Å². The first-order chi connectivity index (χ1) is 11.9. The van der Waals surface area contributed by atoms with Gasteiger partial charge in [-0.15, -0.1) is 0 Å². The van der Waals surface area contributed by atoms with Gasteiger partial charge in [-0.1, -0.05) is 0 Å². The molecule has 8 heteroatoms. The molecule has 2 N–H and O–H groups in total. The Balaban J connectivity index is 1.95. The first kappa shape index (κ1) is 18.9. The number of furan rings is 1. The number of ether oxygens (including phenoxy) is 2. The van der Waals surface area contributed by atoms with Crippen molar-refractivity contribution in [1.82, 2.24) is 10.6 Å². The lowest BCUT2D eigenvalue weighted by Gasteiger charge is -2.18. The molecule has 2 aromatic rings. The van der Waals surface area contributed by atoms with Crippen molar-refractivity contribution in [3.8, 4) is 11.5 Å². The number of carbonyl (C=O) groups excluding carboxylic acids is 2. The number of hydrogen-bond donors (Lipinski definition) is 2. The number of rotatable bonds is 7. The van der Waals surface area contributed by atoms with Gasteiger partial charge >= 0.3 is 0 Å². The fraction of sp³-hybridized carbons (Fsp3) is 0.294. The highest BCUT2D eigenvalue weighted by molar-refractivity contribution is 9.10. The van der Waals surface area contributed by atoms with Gasteiger partial charge in [0.15, 0.2) is 10.4 Å². The minimum absolute atomic E-state index is 0.127. The molecule has 0 aliphatic carbocycles. The molecule has 0 radical (unpaired) electrons. The zero-order valence-corrected chi connectivity index (χ0v) is 15.7. The summed E-state index contributed by atoms with van der Waals surface area (Å²) in [5.41, 5.74) is 0.775. The van der Waals surface area contributed by atoms with Crippen molar-refractivity contribution in [1.29, 1.82) is 0 Å². The Morgan fingerprint density at radius 1 is 1.20 bits per heavy atom. The number of benzene rings is 1. The number of carbonyl (C=O) groups is 2. The van der Waals surface area contributed by atoms with Gasteiger partial charge in [-0.2, -0.15) is 0 Å². The maximum atomic E-state index is 12.1. The maximum Gasteiger partial charge on any atom is 0.287 e. The van der Waals surface area contributed by atoms with Crippen molar-refractivity contribution < 1.29 is 23.5 Å². The molecule has 7 nitrogen and oxygen atoms in total. The fourth-order valence-corrected chi connectivity index (χ4v) is 2.54. The van der Waals surface area contributed by atoms with E-state index in [1.807, 2.05) is 6.92 Å². The van der Waals surface area contributed by atoms with Crippen LogP contribution in [0.4, 0.5) is 0 Å². The third-order valence-electron chi connectivity index (χ3n) is 3.49. The van der Waals surface area contributed by atoms with Gasteiger partial charge in [0.2, 0.25) is 5.91 Å². The van der Waals surface area contributed by atoms with Gasteiger partial charge in [-0.05, 0) is 53.2 Å². The fourth-order valence-electron chi connectivity index (χ4n) is 2.23. The molecule has 1 aromatic carbocycles. The highest BCUT2D eigenvalue weighted by atomic mass is 79.9. The Morgan fingerprint density at radius 3 is 2.56 bits per heavy atom. The quantitative estimate of drug-likeness (QED) is 0.732. The van der Waals surface area contributed by atoms with E-state index in [0.717, 1.165) is 5.56 Å². The molecular formula is C17H19BrN2O5. The second-order valence-corrected chi connectivity index (χ2v) is 5.97. The summed E-state index contributed by atoms with van der Waals surface area (Å²) in [7, 11) is 3.12. The lowest BCUT2D eigenvalue weighted by atomic mass is 10.1. The zero-order chi connectivity index (χ0) is 18.4. The molecule has 1 atom stereocenters. The van der Waals surface area contributed by atoms with Crippen molar-refractivity contribution in [3.63, 3.8) is 0 Å². The van der Waals surface area contributed by atoms with E-state index in [1.165, 1.54) is 6.07 Å². The van der Waals surface area contributed by atoms with Crippen LogP contribution in [0.25, 0.3) is 0 Å². The normalized spacial score (nSPS) is 11.5. The molecule has 0 saturated heterocycles. The molecule has 2 rings (SSSR count). The van der Waals surface area contributed by atoms with Crippen LogP contribution in [0, 0.1) is 0 Å². The van der Waals surface area contributed by atoms with Crippen LogP contribution in [0.3, 0.4) is 0 Å². The monoisotopic (exact) mass is 410 g/mol. The SMILES string of the molecule is COc1ccc(OC)c(C(C)NC(=O)CNC(=O)c2ccc(Br)o2)c1. The predicted molar refractivity (Wildman–Crippen MR) is 94.8 cm³/mol. The molecule has 0 aliphatic heterocycles. The molecule has 0 fully saturated rings. The zero-order valence-electron chi connectivity index (χ0n) is 14.1. The summed E-state index contributed by atoms with van der Waals surface area (Å²) in [5, 5.41) is 5.30. The van der Waals surface area contributed by atoms with Gasteiger partial charge in [0.1, 0.15) is 11.5 Å². The largest absolute Gasteiger partial charge is 0.497 e. The van der Waals surface area contributed by atoms with Crippen LogP contribution in [-0.2, 0) is 4.79 Å². The molecule has 1 aromatic heterocycles. The Hall–Kier alpha value is -2.48. The summed E-state index contributed by atoms with van der Waals surface area (Å²) >= 11 is 3.12. The average molecular weight is 411 g/mol. The van der Waals surface area contributed by atoms with Gasteiger partial charge in [0, 0.05) is 5.56 Å². The Morgan fingerprint density at radius 2 is 1.96 bits per heavy atom. The van der Waals surface area contributed by atoms with E-state index in [0.29, 0.717) is 16.2 Å². The minimum atomic E-state index is -0.465. The van der Waals surface area contributed by atoms with E-state index < -0.39 is 5.91 Å². The van der Waals surface area contributed by atoms with Crippen molar-refractivity contribution in [2.75, 3.05) is 20.8 Å². The van der Waals surface area contributed by atoms with Crippen molar-refractivity contribution in [3.05, 3.63) is 46.3 Å². The molecule has 1 heterocycles. The van der Waals surface area contributed by atoms with E-state index in [4.69, 9.17) is 13.9 Å². The first-order valence-electron chi connectivity index (χ1n) is 7.49. The summed E-state index contributed by atoms with van der Waals surface area (Å²) in [4.78, 5) is 23.9. The van der Waals surface area contributed by atoms with Crippen molar-refractivity contribution in [2.45, 2.75) is 13.0 Å². The molecule has 25 heavy (non-hydrogen) atoms. The van der Waals surface area contributed by atoms with Crippen molar-refractivity contribution in [2.24, 2.45) is 0 Å². The summed E-state index contributed by atoms with van der Waals surface area (Å²) in [5.74, 6) is 0.623. The van der Waals surface area contributed by atoms with E-state index >= 15 is 0 Å². The van der Waals surface area contributed by atoms with Gasteiger partial charge in [-0.25, -0.2) is 0 Å². The Labute approximate surface area is 153 Å². The van der Waals surface area contributed by atoms with Gasteiger partial charge < -0.3 is 24.5 Å². The lowest BCUT2D eigenvalue weighted by molar-refractivity contribution is -0.120. The molecular weight excluding hydrogens is 392 g/mol. The van der Waals surface area contributed by atoms with E-state index in [9.17, 15) is 9.59 Å². The van der Waals surface area contributed by atoms with Gasteiger partial charge in [-0.3, -0.25) is 9.59 Å². The summed E-state index contributed by atoms with van der Waals surface area (Å²) in [6.45, 7) is 1.65. The Kier molecular flexibility index (Phi) is 6.46. The van der Waals surface area contributed by atoms with E-state index in [1.54, 1.807) is 38.5 Å². The summed E-state index contributed by atoms with van der Waals surface area (Å²) in [6, 6.07) is 8.13. The highest BCUT2D eigenvalue weighted by Gasteiger charge is 2.17. The average Bonchev–Trinajstić information content (AvgIpc) is 3.05. The molecule has 0 saturated carbocycles. The van der Waals surface area contributed by atoms with Crippen LogP contribution < -0.4 is 20.1 Å². The van der Waals surface area contributed by atoms with Crippen LogP contribution in [0.1, 0.15) is 29.1 Å². The highest BCUT2D eigenvalue weighted by Crippen LogP contribution is 2.29. The number of halogens is 1. The molecule has 134 valence electrons. The third-order valence-corrected chi connectivity index (χ3v) is 3.91. The minimum Gasteiger partial charge on any atom is -0.497 e.